The number of amides is 1. The van der Waals surface area contributed by atoms with E-state index in [0.717, 1.165) is 24.9 Å². The van der Waals surface area contributed by atoms with Crippen molar-refractivity contribution in [3.05, 3.63) is 48.0 Å². The van der Waals surface area contributed by atoms with Gasteiger partial charge in [0.2, 0.25) is 5.91 Å². The van der Waals surface area contributed by atoms with Crippen LogP contribution in [-0.4, -0.2) is 24.5 Å². The smallest absolute Gasteiger partial charge is 0.224 e. The molecule has 3 rings (SSSR count). The second-order valence-electron chi connectivity index (χ2n) is 5.87. The zero-order chi connectivity index (χ0) is 14.7. The molecule has 2 aromatic carbocycles. The Morgan fingerprint density at radius 3 is 2.90 bits per heavy atom. The molecule has 3 heteroatoms. The van der Waals surface area contributed by atoms with Crippen molar-refractivity contribution in [3.63, 3.8) is 0 Å². The monoisotopic (exact) mass is 282 g/mol. The second kappa shape index (κ2) is 6.27. The normalized spacial score (nSPS) is 22.1. The Morgan fingerprint density at radius 2 is 2.05 bits per heavy atom. The molecule has 1 amide bonds. The van der Waals surface area contributed by atoms with E-state index in [2.05, 4.69) is 35.8 Å². The summed E-state index contributed by atoms with van der Waals surface area (Å²) in [5, 5.41) is 8.96. The summed E-state index contributed by atoms with van der Waals surface area (Å²) >= 11 is 0. The number of nitrogens with one attached hydrogen (secondary N) is 2. The molecular weight excluding hydrogens is 260 g/mol. The average molecular weight is 282 g/mol. The van der Waals surface area contributed by atoms with E-state index in [0.29, 0.717) is 12.5 Å². The van der Waals surface area contributed by atoms with Crippen LogP contribution in [-0.2, 0) is 11.2 Å². The molecule has 1 aliphatic rings. The van der Waals surface area contributed by atoms with Crippen LogP contribution in [0.2, 0.25) is 0 Å². The van der Waals surface area contributed by atoms with Crippen LogP contribution in [0.5, 0.6) is 0 Å². The minimum atomic E-state index is 0.118. The van der Waals surface area contributed by atoms with Gasteiger partial charge in [-0.25, -0.2) is 0 Å². The predicted octanol–water partition coefficient (Wildman–Crippen LogP) is 2.64. The minimum Gasteiger partial charge on any atom is -0.352 e. The van der Waals surface area contributed by atoms with Gasteiger partial charge < -0.3 is 10.6 Å². The second-order valence-corrected chi connectivity index (χ2v) is 5.87. The van der Waals surface area contributed by atoms with Crippen LogP contribution in [0.3, 0.4) is 0 Å². The lowest BCUT2D eigenvalue weighted by molar-refractivity contribution is -0.121. The Bertz CT molecular complexity index is 633. The van der Waals surface area contributed by atoms with Crippen molar-refractivity contribution in [2.75, 3.05) is 6.54 Å². The van der Waals surface area contributed by atoms with E-state index in [1.165, 1.54) is 10.8 Å². The van der Waals surface area contributed by atoms with Gasteiger partial charge >= 0.3 is 0 Å². The average Bonchev–Trinajstić information content (AvgIpc) is 2.50. The molecule has 1 fully saturated rings. The number of rotatable bonds is 3. The summed E-state index contributed by atoms with van der Waals surface area (Å²) in [4.78, 5) is 12.3. The first-order chi connectivity index (χ1) is 10.2. The van der Waals surface area contributed by atoms with Crippen molar-refractivity contribution >= 4 is 16.7 Å². The van der Waals surface area contributed by atoms with E-state index in [1.807, 2.05) is 24.3 Å². The van der Waals surface area contributed by atoms with E-state index in [1.54, 1.807) is 0 Å². The molecule has 1 saturated heterocycles. The van der Waals surface area contributed by atoms with Gasteiger partial charge in [0, 0.05) is 12.1 Å². The van der Waals surface area contributed by atoms with Crippen LogP contribution in [0.4, 0.5) is 0 Å². The van der Waals surface area contributed by atoms with Gasteiger partial charge in [-0.05, 0) is 42.6 Å². The highest BCUT2D eigenvalue weighted by Gasteiger charge is 2.22. The van der Waals surface area contributed by atoms with Gasteiger partial charge in [-0.15, -0.1) is 0 Å². The third-order valence-electron chi connectivity index (χ3n) is 4.34. The largest absolute Gasteiger partial charge is 0.352 e. The lowest BCUT2D eigenvalue weighted by Crippen LogP contribution is -2.52. The Labute approximate surface area is 125 Å². The van der Waals surface area contributed by atoms with Gasteiger partial charge in [-0.2, -0.15) is 0 Å². The molecule has 0 aromatic heterocycles. The molecule has 2 atom stereocenters. The molecule has 2 aromatic rings. The van der Waals surface area contributed by atoms with Crippen molar-refractivity contribution in [3.8, 4) is 0 Å². The standard InChI is InChI=1S/C18H22N2O/c1-13-17(10-5-11-19-13)20-18(21)12-15-8-4-7-14-6-2-3-9-16(14)15/h2-4,6-9,13,17,19H,5,10-12H2,1H3,(H,20,21). The summed E-state index contributed by atoms with van der Waals surface area (Å²) < 4.78 is 0. The first kappa shape index (κ1) is 14.1. The van der Waals surface area contributed by atoms with E-state index >= 15 is 0 Å². The molecule has 3 nitrogen and oxygen atoms in total. The minimum absolute atomic E-state index is 0.118. The molecule has 0 bridgehead atoms. The third-order valence-corrected chi connectivity index (χ3v) is 4.34. The van der Waals surface area contributed by atoms with Crippen LogP contribution in [0.25, 0.3) is 10.8 Å². The molecule has 21 heavy (non-hydrogen) atoms. The molecule has 2 unspecified atom stereocenters. The molecule has 0 saturated carbocycles. The molecular formula is C18H22N2O. The van der Waals surface area contributed by atoms with E-state index in [4.69, 9.17) is 0 Å². The quantitative estimate of drug-likeness (QED) is 0.908. The molecule has 0 aliphatic carbocycles. The molecule has 2 N–H and O–H groups in total. The maximum atomic E-state index is 12.3. The highest BCUT2D eigenvalue weighted by atomic mass is 16.1. The number of hydrogen-bond acceptors (Lipinski definition) is 2. The first-order valence-corrected chi connectivity index (χ1v) is 7.73. The molecule has 0 spiro atoms. The number of hydrogen-bond donors (Lipinski definition) is 2. The van der Waals surface area contributed by atoms with Crippen LogP contribution >= 0.6 is 0 Å². The summed E-state index contributed by atoms with van der Waals surface area (Å²) in [6.07, 6.45) is 2.64. The fourth-order valence-electron chi connectivity index (χ4n) is 3.12. The summed E-state index contributed by atoms with van der Waals surface area (Å²) in [7, 11) is 0. The number of carbonyl (C=O) groups is 1. The summed E-state index contributed by atoms with van der Waals surface area (Å²) in [6, 6.07) is 15.0. The van der Waals surface area contributed by atoms with Gasteiger partial charge in [-0.3, -0.25) is 4.79 Å². The topological polar surface area (TPSA) is 41.1 Å². The SMILES string of the molecule is CC1NCCCC1NC(=O)Cc1cccc2ccccc12. The predicted molar refractivity (Wildman–Crippen MR) is 86.3 cm³/mol. The van der Waals surface area contributed by atoms with Crippen LogP contribution in [0, 0.1) is 0 Å². The number of benzene rings is 2. The Balaban J connectivity index is 1.71. The van der Waals surface area contributed by atoms with Crippen LogP contribution in [0.15, 0.2) is 42.5 Å². The lowest BCUT2D eigenvalue weighted by Gasteiger charge is -2.30. The summed E-state index contributed by atoms with van der Waals surface area (Å²) in [5.41, 5.74) is 1.10. The number of piperidine rings is 1. The van der Waals surface area contributed by atoms with Crippen molar-refractivity contribution in [1.29, 1.82) is 0 Å². The highest BCUT2D eigenvalue weighted by Crippen LogP contribution is 2.19. The fourth-order valence-corrected chi connectivity index (χ4v) is 3.12. The van der Waals surface area contributed by atoms with Crippen molar-refractivity contribution in [2.24, 2.45) is 0 Å². The van der Waals surface area contributed by atoms with Crippen LogP contribution < -0.4 is 10.6 Å². The van der Waals surface area contributed by atoms with E-state index in [-0.39, 0.29) is 11.9 Å². The highest BCUT2D eigenvalue weighted by molar-refractivity contribution is 5.90. The third kappa shape index (κ3) is 3.24. The first-order valence-electron chi connectivity index (χ1n) is 7.73. The Morgan fingerprint density at radius 1 is 1.24 bits per heavy atom. The molecule has 1 heterocycles. The lowest BCUT2D eigenvalue weighted by atomic mass is 9.98. The maximum Gasteiger partial charge on any atom is 0.224 e. The molecule has 0 radical (unpaired) electrons. The van der Waals surface area contributed by atoms with Crippen LogP contribution in [0.1, 0.15) is 25.3 Å². The fraction of sp³-hybridized carbons (Fsp3) is 0.389. The number of fused-ring (bicyclic) bond motifs is 1. The van der Waals surface area contributed by atoms with Crippen molar-refractivity contribution < 1.29 is 4.79 Å². The Hall–Kier alpha value is -1.87. The maximum absolute atomic E-state index is 12.3. The Kier molecular flexibility index (Phi) is 4.20. The summed E-state index contributed by atoms with van der Waals surface area (Å²) in [6.45, 7) is 3.19. The van der Waals surface area contributed by atoms with Gasteiger partial charge in [0.25, 0.3) is 0 Å². The van der Waals surface area contributed by atoms with Crippen molar-refractivity contribution in [1.82, 2.24) is 10.6 Å². The zero-order valence-electron chi connectivity index (χ0n) is 12.4. The van der Waals surface area contributed by atoms with Crippen molar-refractivity contribution in [2.45, 2.75) is 38.3 Å². The van der Waals surface area contributed by atoms with Gasteiger partial charge in [0.05, 0.1) is 6.42 Å². The molecule has 1 aliphatic heterocycles. The molecule has 110 valence electrons. The zero-order valence-corrected chi connectivity index (χ0v) is 12.4. The summed E-state index contributed by atoms with van der Waals surface area (Å²) in [5.74, 6) is 0.118. The van der Waals surface area contributed by atoms with E-state index in [9.17, 15) is 4.79 Å². The van der Waals surface area contributed by atoms with Gasteiger partial charge in [0.1, 0.15) is 0 Å². The van der Waals surface area contributed by atoms with Gasteiger partial charge in [0.15, 0.2) is 0 Å². The number of carbonyl (C=O) groups excluding carboxylic acids is 1. The van der Waals surface area contributed by atoms with E-state index < -0.39 is 0 Å². The van der Waals surface area contributed by atoms with Gasteiger partial charge in [-0.1, -0.05) is 42.5 Å².